The van der Waals surface area contributed by atoms with Crippen LogP contribution in [0.2, 0.25) is 0 Å². The Morgan fingerprint density at radius 2 is 1.05 bits per heavy atom. The number of thiocarbonyl (C=S) groups is 1. The zero-order chi connectivity index (χ0) is 18.1. The van der Waals surface area contributed by atoms with Gasteiger partial charge in [0, 0.05) is 0 Å². The second kappa shape index (κ2) is 6.16. The molecule has 0 heterocycles. The van der Waals surface area contributed by atoms with Gasteiger partial charge in [-0.3, -0.25) is 9.59 Å². The average Bonchev–Trinajstić information content (AvgIpc) is 2.24. The molecule has 10 nitrogen and oxygen atoms in total. The van der Waals surface area contributed by atoms with Gasteiger partial charge in [-0.15, -0.1) is 0 Å². The Morgan fingerprint density at radius 1 is 0.818 bits per heavy atom. The van der Waals surface area contributed by atoms with Gasteiger partial charge in [-0.1, -0.05) is 12.2 Å². The van der Waals surface area contributed by atoms with E-state index in [-0.39, 0.29) is 0 Å². The molecule has 0 saturated carbocycles. The summed E-state index contributed by atoms with van der Waals surface area (Å²) < 4.78 is 49.2. The summed E-state index contributed by atoms with van der Waals surface area (Å²) in [6, 6.07) is 0. The van der Waals surface area contributed by atoms with Gasteiger partial charge in [0.25, 0.3) is 23.6 Å². The Kier molecular flexibility index (Phi) is 5.83. The molecule has 0 atom stereocenters. The standard InChI is InChI=1S/C9H16N2O8S3/c1-8(2,5(12)13)10-21(16,17)7(20)22(18,19)11-9(3,4)6(14)15/h10-11H,1-4H3,(H,12,13)(H,14,15). The van der Waals surface area contributed by atoms with Crippen molar-refractivity contribution in [3.05, 3.63) is 0 Å². The highest BCUT2D eigenvalue weighted by atomic mass is 32.3. The third kappa shape index (κ3) is 4.95. The molecular formula is C9H16N2O8S3. The van der Waals surface area contributed by atoms with Gasteiger partial charge in [0.2, 0.25) is 0 Å². The lowest BCUT2D eigenvalue weighted by molar-refractivity contribution is -0.143. The molecular weight excluding hydrogens is 360 g/mol. The Labute approximate surface area is 133 Å². The van der Waals surface area contributed by atoms with E-state index in [0.717, 1.165) is 27.7 Å². The summed E-state index contributed by atoms with van der Waals surface area (Å²) in [5.74, 6) is -3.12. The highest BCUT2D eigenvalue weighted by Crippen LogP contribution is 2.12. The van der Waals surface area contributed by atoms with Crippen LogP contribution in [0.4, 0.5) is 0 Å². The summed E-state index contributed by atoms with van der Waals surface area (Å²) >= 11 is 4.35. The maximum atomic E-state index is 11.9. The molecule has 0 aliphatic carbocycles. The average molecular weight is 376 g/mol. The van der Waals surface area contributed by atoms with E-state index >= 15 is 0 Å². The number of carbonyl (C=O) groups is 2. The quantitative estimate of drug-likeness (QED) is 0.418. The topological polar surface area (TPSA) is 167 Å². The van der Waals surface area contributed by atoms with Gasteiger partial charge in [0.15, 0.2) is 0 Å². The van der Waals surface area contributed by atoms with Crippen LogP contribution in [-0.2, 0) is 29.6 Å². The van der Waals surface area contributed by atoms with Crippen LogP contribution in [0.5, 0.6) is 0 Å². The molecule has 128 valence electrons. The normalized spacial score (nSPS) is 13.6. The molecule has 0 aromatic heterocycles. The Morgan fingerprint density at radius 3 is 1.23 bits per heavy atom. The molecule has 0 aromatic rings. The van der Waals surface area contributed by atoms with Crippen molar-refractivity contribution in [3.63, 3.8) is 0 Å². The minimum atomic E-state index is -4.86. The van der Waals surface area contributed by atoms with E-state index in [1.807, 2.05) is 0 Å². The second-order valence-corrected chi connectivity index (χ2v) is 9.74. The predicted octanol–water partition coefficient (Wildman–Crippen LogP) is -1.16. The maximum Gasteiger partial charge on any atom is 0.324 e. The molecule has 13 heteroatoms. The molecule has 0 unspecified atom stereocenters. The van der Waals surface area contributed by atoms with Crippen molar-refractivity contribution < 1.29 is 36.6 Å². The zero-order valence-electron chi connectivity index (χ0n) is 12.1. The zero-order valence-corrected chi connectivity index (χ0v) is 14.5. The third-order valence-electron chi connectivity index (χ3n) is 2.29. The molecule has 0 saturated heterocycles. The molecule has 0 bridgehead atoms. The van der Waals surface area contributed by atoms with Gasteiger partial charge in [0.1, 0.15) is 11.1 Å². The van der Waals surface area contributed by atoms with Crippen LogP contribution in [0.3, 0.4) is 0 Å². The van der Waals surface area contributed by atoms with E-state index in [1.54, 1.807) is 9.44 Å². The molecule has 0 aliphatic rings. The van der Waals surface area contributed by atoms with Crippen LogP contribution < -0.4 is 9.44 Å². The first-order valence-electron chi connectivity index (χ1n) is 5.54. The fraction of sp³-hybridized carbons (Fsp3) is 0.667. The van der Waals surface area contributed by atoms with Gasteiger partial charge in [-0.2, -0.15) is 9.44 Å². The van der Waals surface area contributed by atoms with Crippen molar-refractivity contribution in [2.75, 3.05) is 0 Å². The van der Waals surface area contributed by atoms with E-state index in [0.29, 0.717) is 0 Å². The predicted molar refractivity (Wildman–Crippen MR) is 80.1 cm³/mol. The number of carboxylic acid groups (broad SMARTS) is 2. The highest BCUT2D eigenvalue weighted by Gasteiger charge is 2.42. The van der Waals surface area contributed by atoms with Crippen LogP contribution >= 0.6 is 12.2 Å². The SMILES string of the molecule is CC(C)(NS(=O)(=O)C(=S)S(=O)(=O)NC(C)(C)C(=O)O)C(=O)O. The molecule has 0 aliphatic heterocycles. The van der Waals surface area contributed by atoms with Gasteiger partial charge >= 0.3 is 11.9 Å². The first-order valence-corrected chi connectivity index (χ1v) is 8.92. The number of hydrogen-bond acceptors (Lipinski definition) is 7. The summed E-state index contributed by atoms with van der Waals surface area (Å²) in [5.41, 5.74) is -4.03. The Balaban J connectivity index is 5.59. The van der Waals surface area contributed by atoms with Crippen LogP contribution in [0.1, 0.15) is 27.7 Å². The van der Waals surface area contributed by atoms with E-state index < -0.39 is 46.6 Å². The van der Waals surface area contributed by atoms with Crippen LogP contribution in [0.15, 0.2) is 0 Å². The Hall–Kier alpha value is -1.15. The maximum absolute atomic E-state index is 11.9. The largest absolute Gasteiger partial charge is 0.480 e. The van der Waals surface area contributed by atoms with Crippen molar-refractivity contribution in [1.82, 2.24) is 9.44 Å². The number of carboxylic acids is 2. The minimum Gasteiger partial charge on any atom is -0.480 e. The summed E-state index contributed by atoms with van der Waals surface area (Å²) in [6.07, 6.45) is 0. The van der Waals surface area contributed by atoms with E-state index in [9.17, 15) is 26.4 Å². The third-order valence-corrected chi connectivity index (χ3v) is 7.36. The summed E-state index contributed by atoms with van der Waals surface area (Å²) in [4.78, 5) is 21.8. The monoisotopic (exact) mass is 376 g/mol. The van der Waals surface area contributed by atoms with Gasteiger partial charge < -0.3 is 10.2 Å². The van der Waals surface area contributed by atoms with E-state index in [1.165, 1.54) is 0 Å². The molecule has 0 rings (SSSR count). The fourth-order valence-electron chi connectivity index (χ4n) is 0.987. The van der Waals surface area contributed by atoms with E-state index in [4.69, 9.17) is 10.2 Å². The fourth-order valence-corrected chi connectivity index (χ4v) is 4.33. The van der Waals surface area contributed by atoms with Crippen molar-refractivity contribution in [1.29, 1.82) is 0 Å². The van der Waals surface area contributed by atoms with Crippen molar-refractivity contribution in [3.8, 4) is 0 Å². The van der Waals surface area contributed by atoms with Crippen molar-refractivity contribution in [2.45, 2.75) is 38.8 Å². The number of nitrogens with one attached hydrogen (secondary N) is 2. The van der Waals surface area contributed by atoms with Crippen molar-refractivity contribution in [2.24, 2.45) is 0 Å². The van der Waals surface area contributed by atoms with Crippen molar-refractivity contribution >= 4 is 47.7 Å². The number of aliphatic carboxylic acids is 2. The minimum absolute atomic E-state index is 0.983. The lowest BCUT2D eigenvalue weighted by Crippen LogP contribution is -2.56. The molecule has 22 heavy (non-hydrogen) atoms. The van der Waals surface area contributed by atoms with Crippen LogP contribution in [0, 0.1) is 0 Å². The molecule has 0 radical (unpaired) electrons. The number of sulfonamides is 2. The first-order chi connectivity index (χ1) is 9.46. The van der Waals surface area contributed by atoms with Gasteiger partial charge in [-0.25, -0.2) is 16.8 Å². The highest BCUT2D eigenvalue weighted by molar-refractivity contribution is 8.39. The number of hydrogen-bond donors (Lipinski definition) is 4. The van der Waals surface area contributed by atoms with Gasteiger partial charge in [-0.05, 0) is 27.7 Å². The summed E-state index contributed by atoms with van der Waals surface area (Å²) in [7, 11) is -9.72. The second-order valence-electron chi connectivity index (χ2n) is 5.32. The summed E-state index contributed by atoms with van der Waals surface area (Å²) in [5, 5.41) is 17.7. The van der Waals surface area contributed by atoms with Crippen LogP contribution in [-0.4, -0.2) is 53.6 Å². The Bertz CT molecular complexity index is 645. The molecule has 0 amide bonds. The molecule has 0 aromatic carbocycles. The molecule has 0 spiro atoms. The first kappa shape index (κ1) is 20.9. The van der Waals surface area contributed by atoms with Gasteiger partial charge in [0.05, 0.1) is 0 Å². The molecule has 4 N–H and O–H groups in total. The lowest BCUT2D eigenvalue weighted by Gasteiger charge is -2.23. The summed E-state index contributed by atoms with van der Waals surface area (Å²) in [6.45, 7) is 3.93. The van der Waals surface area contributed by atoms with E-state index in [2.05, 4.69) is 12.2 Å². The number of rotatable bonds is 6. The molecule has 0 fully saturated rings. The smallest absolute Gasteiger partial charge is 0.324 e. The lowest BCUT2D eigenvalue weighted by atomic mass is 10.1. The van der Waals surface area contributed by atoms with Crippen LogP contribution in [0.25, 0.3) is 0 Å².